The Balaban J connectivity index is 2.52. The molecule has 0 aliphatic carbocycles. The van der Waals surface area contributed by atoms with Gasteiger partial charge in [-0.25, -0.2) is 0 Å². The summed E-state index contributed by atoms with van der Waals surface area (Å²) >= 11 is 0. The molecule has 0 aromatic heterocycles. The van der Waals surface area contributed by atoms with Gasteiger partial charge in [-0.2, -0.15) is 0 Å². The smallest absolute Gasteiger partial charge is 0.0507 e. The van der Waals surface area contributed by atoms with E-state index in [1.54, 1.807) is 0 Å². The van der Waals surface area contributed by atoms with Gasteiger partial charge in [0.15, 0.2) is 0 Å². The predicted octanol–water partition coefficient (Wildman–Crippen LogP) is 0.737. The Morgan fingerprint density at radius 2 is 2.56 bits per heavy atom. The summed E-state index contributed by atoms with van der Waals surface area (Å²) in [5.41, 5.74) is 0. The van der Waals surface area contributed by atoms with Gasteiger partial charge in [-0.1, -0.05) is 18.1 Å². The summed E-state index contributed by atoms with van der Waals surface area (Å²) < 4.78 is 0. The summed E-state index contributed by atoms with van der Waals surface area (Å²) in [5, 5.41) is 0. The normalized spacial score (nSPS) is 27.8. The van der Waals surface area contributed by atoms with Gasteiger partial charge in [0.1, 0.15) is 0 Å². The maximum absolute atomic E-state index is 5.24. The van der Waals surface area contributed by atoms with Crippen LogP contribution in [0.25, 0.3) is 0 Å². The molecule has 1 atom stereocenters. The molecular formula is C8H11N. The van der Waals surface area contributed by atoms with Crippen molar-refractivity contribution in [3.8, 4) is 12.3 Å². The molecule has 0 spiro atoms. The summed E-state index contributed by atoms with van der Waals surface area (Å²) in [6.45, 7) is 2.05. The number of terminal acetylenes is 1. The van der Waals surface area contributed by atoms with Gasteiger partial charge >= 0.3 is 0 Å². The molecule has 1 nitrogen and oxygen atoms in total. The molecule has 1 unspecified atom stereocenters. The van der Waals surface area contributed by atoms with Gasteiger partial charge in [0.2, 0.25) is 0 Å². The van der Waals surface area contributed by atoms with Crippen LogP contribution in [0.4, 0.5) is 0 Å². The SMILES string of the molecule is C#CC1C=CCN(C)C1. The van der Waals surface area contributed by atoms with Gasteiger partial charge in [-0.15, -0.1) is 6.42 Å². The van der Waals surface area contributed by atoms with E-state index in [4.69, 9.17) is 6.42 Å². The van der Waals surface area contributed by atoms with Gasteiger partial charge in [-0.05, 0) is 7.05 Å². The molecule has 1 aliphatic heterocycles. The zero-order valence-electron chi connectivity index (χ0n) is 5.67. The number of likely N-dealkylation sites (N-methyl/N-ethyl adjacent to an activating group) is 1. The Morgan fingerprint density at radius 1 is 1.78 bits per heavy atom. The highest BCUT2D eigenvalue weighted by Crippen LogP contribution is 2.04. The molecule has 1 heteroatoms. The zero-order valence-corrected chi connectivity index (χ0v) is 5.67. The number of hydrogen-bond acceptors (Lipinski definition) is 1. The maximum atomic E-state index is 5.24. The summed E-state index contributed by atoms with van der Waals surface area (Å²) in [7, 11) is 2.08. The van der Waals surface area contributed by atoms with Crippen molar-refractivity contribution in [3.63, 3.8) is 0 Å². The molecule has 0 aromatic rings. The van der Waals surface area contributed by atoms with Crippen LogP contribution in [0.2, 0.25) is 0 Å². The molecule has 0 bridgehead atoms. The monoisotopic (exact) mass is 121 g/mol. The van der Waals surface area contributed by atoms with Gasteiger partial charge in [0.05, 0.1) is 5.92 Å². The second-order valence-electron chi connectivity index (χ2n) is 2.42. The molecule has 1 heterocycles. The highest BCUT2D eigenvalue weighted by molar-refractivity contribution is 5.09. The summed E-state index contributed by atoms with van der Waals surface area (Å²) in [4.78, 5) is 2.21. The Kier molecular flexibility index (Phi) is 1.92. The first kappa shape index (κ1) is 6.38. The molecule has 9 heavy (non-hydrogen) atoms. The van der Waals surface area contributed by atoms with E-state index in [1.807, 2.05) is 0 Å². The Labute approximate surface area is 56.4 Å². The summed E-state index contributed by atoms with van der Waals surface area (Å²) in [5.74, 6) is 3.04. The Bertz CT molecular complexity index is 152. The van der Waals surface area contributed by atoms with E-state index in [2.05, 4.69) is 30.0 Å². The van der Waals surface area contributed by atoms with E-state index < -0.39 is 0 Å². The van der Waals surface area contributed by atoms with Crippen LogP contribution in [0.3, 0.4) is 0 Å². The highest BCUT2D eigenvalue weighted by atomic mass is 15.1. The Hall–Kier alpha value is -0.740. The van der Waals surface area contributed by atoms with Crippen LogP contribution in [-0.2, 0) is 0 Å². The van der Waals surface area contributed by atoms with Crippen LogP contribution in [0.15, 0.2) is 12.2 Å². The lowest BCUT2D eigenvalue weighted by Crippen LogP contribution is -2.27. The lowest BCUT2D eigenvalue weighted by molar-refractivity contribution is 0.340. The lowest BCUT2D eigenvalue weighted by Gasteiger charge is -2.20. The van der Waals surface area contributed by atoms with Crippen molar-refractivity contribution < 1.29 is 0 Å². The van der Waals surface area contributed by atoms with E-state index in [1.165, 1.54) is 0 Å². The van der Waals surface area contributed by atoms with Crippen LogP contribution in [0.5, 0.6) is 0 Å². The minimum atomic E-state index is 0.337. The van der Waals surface area contributed by atoms with Crippen molar-refractivity contribution in [3.05, 3.63) is 12.2 Å². The van der Waals surface area contributed by atoms with Crippen LogP contribution < -0.4 is 0 Å². The van der Waals surface area contributed by atoms with Crippen molar-refractivity contribution in [2.75, 3.05) is 20.1 Å². The molecule has 0 saturated carbocycles. The number of hydrogen-bond donors (Lipinski definition) is 0. The number of nitrogens with zero attached hydrogens (tertiary/aromatic N) is 1. The minimum Gasteiger partial charge on any atom is -0.301 e. The molecule has 0 aromatic carbocycles. The van der Waals surface area contributed by atoms with E-state index in [-0.39, 0.29) is 0 Å². The van der Waals surface area contributed by atoms with Crippen molar-refractivity contribution >= 4 is 0 Å². The first-order valence-corrected chi connectivity index (χ1v) is 3.14. The highest BCUT2D eigenvalue weighted by Gasteiger charge is 2.07. The summed E-state index contributed by atoms with van der Waals surface area (Å²) in [6, 6.07) is 0. The fraction of sp³-hybridized carbons (Fsp3) is 0.500. The van der Waals surface area contributed by atoms with E-state index >= 15 is 0 Å². The average molecular weight is 121 g/mol. The van der Waals surface area contributed by atoms with Crippen molar-refractivity contribution in [2.24, 2.45) is 5.92 Å². The predicted molar refractivity (Wildman–Crippen MR) is 39.0 cm³/mol. The minimum absolute atomic E-state index is 0.337. The topological polar surface area (TPSA) is 3.24 Å². The van der Waals surface area contributed by atoms with Crippen molar-refractivity contribution in [1.29, 1.82) is 0 Å². The standard InChI is InChI=1S/C8H11N/c1-3-8-5-4-6-9(2)7-8/h1,4-5,8H,6-7H2,2H3. The second kappa shape index (κ2) is 2.70. The van der Waals surface area contributed by atoms with Crippen molar-refractivity contribution in [2.45, 2.75) is 0 Å². The van der Waals surface area contributed by atoms with Crippen LogP contribution in [0, 0.1) is 18.3 Å². The molecule has 0 fully saturated rings. The van der Waals surface area contributed by atoms with Gasteiger partial charge in [-0.3, -0.25) is 0 Å². The third-order valence-corrected chi connectivity index (χ3v) is 1.51. The van der Waals surface area contributed by atoms with Gasteiger partial charge < -0.3 is 4.90 Å². The molecule has 1 rings (SSSR count). The van der Waals surface area contributed by atoms with Gasteiger partial charge in [0, 0.05) is 13.1 Å². The molecule has 48 valence electrons. The van der Waals surface area contributed by atoms with E-state index in [9.17, 15) is 0 Å². The largest absolute Gasteiger partial charge is 0.301 e. The molecule has 0 amide bonds. The molecular weight excluding hydrogens is 110 g/mol. The molecule has 0 saturated heterocycles. The average Bonchev–Trinajstić information content (AvgIpc) is 1.88. The zero-order chi connectivity index (χ0) is 6.69. The maximum Gasteiger partial charge on any atom is 0.0507 e. The molecule has 0 N–H and O–H groups in total. The van der Waals surface area contributed by atoms with Gasteiger partial charge in [0.25, 0.3) is 0 Å². The molecule has 1 aliphatic rings. The van der Waals surface area contributed by atoms with E-state index in [0.29, 0.717) is 5.92 Å². The fourth-order valence-electron chi connectivity index (χ4n) is 0.985. The Morgan fingerprint density at radius 3 is 3.00 bits per heavy atom. The van der Waals surface area contributed by atoms with Crippen LogP contribution in [-0.4, -0.2) is 25.0 Å². The molecule has 0 radical (unpaired) electrons. The quantitative estimate of drug-likeness (QED) is 0.337. The van der Waals surface area contributed by atoms with Crippen molar-refractivity contribution in [1.82, 2.24) is 4.90 Å². The first-order chi connectivity index (χ1) is 4.33. The fourth-order valence-corrected chi connectivity index (χ4v) is 0.985. The van der Waals surface area contributed by atoms with Crippen LogP contribution in [0.1, 0.15) is 0 Å². The third kappa shape index (κ3) is 1.58. The second-order valence-corrected chi connectivity index (χ2v) is 2.42. The van der Waals surface area contributed by atoms with E-state index in [0.717, 1.165) is 13.1 Å². The first-order valence-electron chi connectivity index (χ1n) is 3.14. The lowest BCUT2D eigenvalue weighted by atomic mass is 10.1. The summed E-state index contributed by atoms with van der Waals surface area (Å²) in [6.07, 6.45) is 9.45. The number of rotatable bonds is 0. The van der Waals surface area contributed by atoms with Crippen LogP contribution >= 0.6 is 0 Å². The third-order valence-electron chi connectivity index (χ3n) is 1.51.